The molecule has 8 heteroatoms. The highest BCUT2D eigenvalue weighted by atomic mass is 35.5. The van der Waals surface area contributed by atoms with Gasteiger partial charge in [-0.15, -0.1) is 0 Å². The van der Waals surface area contributed by atoms with E-state index in [1.54, 1.807) is 24.3 Å². The number of rotatable bonds is 3. The van der Waals surface area contributed by atoms with Crippen molar-refractivity contribution in [3.05, 3.63) is 63.4 Å². The largest absolute Gasteiger partial charge is 0.480 e. The first-order valence-corrected chi connectivity index (χ1v) is 10.8. The van der Waals surface area contributed by atoms with Gasteiger partial charge in [-0.3, -0.25) is 14.9 Å². The summed E-state index contributed by atoms with van der Waals surface area (Å²) in [5, 5.41) is 16.4. The molecule has 1 amide bonds. The normalized spacial score (nSPS) is 27.4. The summed E-state index contributed by atoms with van der Waals surface area (Å²) in [6.45, 7) is 6.04. The van der Waals surface area contributed by atoms with E-state index < -0.39 is 35.2 Å². The molecular formula is C23H23Cl2FN2O3. The number of anilines is 1. The van der Waals surface area contributed by atoms with Crippen LogP contribution in [-0.2, 0) is 15.0 Å². The Morgan fingerprint density at radius 1 is 1.23 bits per heavy atom. The van der Waals surface area contributed by atoms with Gasteiger partial charge in [0.1, 0.15) is 17.3 Å². The molecule has 0 radical (unpaired) electrons. The minimum atomic E-state index is -1.35. The molecule has 5 nitrogen and oxygen atoms in total. The summed E-state index contributed by atoms with van der Waals surface area (Å²) >= 11 is 12.2. The lowest BCUT2D eigenvalue weighted by Crippen LogP contribution is -2.49. The zero-order valence-electron chi connectivity index (χ0n) is 17.3. The first-order chi connectivity index (χ1) is 14.5. The topological polar surface area (TPSA) is 78.4 Å². The fourth-order valence-corrected chi connectivity index (χ4v) is 5.49. The van der Waals surface area contributed by atoms with E-state index in [1.165, 1.54) is 12.1 Å². The standard InChI is InChI=1S/C23H23Cl2FN2O3/c1-22(2,3)10-16-23(13-8-7-11(24)9-15(13)27-21(23)31)17(19(28-16)20(29)30)12-5-4-6-14(25)18(12)26/h4-9,16-17,19,28H,10H2,1-3H3,(H,27,31)(H,29,30)/t16-,17+,19-,23+/m0/s1. The molecule has 164 valence electrons. The highest BCUT2D eigenvalue weighted by Crippen LogP contribution is 2.57. The molecule has 2 heterocycles. The number of fused-ring (bicyclic) bond motifs is 2. The number of benzene rings is 2. The third-order valence-corrected chi connectivity index (χ3v) is 6.73. The molecule has 0 bridgehead atoms. The second-order valence-corrected chi connectivity index (χ2v) is 10.3. The Morgan fingerprint density at radius 2 is 1.94 bits per heavy atom. The Kier molecular flexibility index (Phi) is 5.31. The predicted octanol–water partition coefficient (Wildman–Crippen LogP) is 4.97. The molecule has 2 aromatic rings. The smallest absolute Gasteiger partial charge is 0.321 e. The molecule has 1 spiro atoms. The third-order valence-electron chi connectivity index (χ3n) is 6.20. The van der Waals surface area contributed by atoms with Crippen LogP contribution in [0.15, 0.2) is 36.4 Å². The minimum Gasteiger partial charge on any atom is -0.480 e. The second-order valence-electron chi connectivity index (χ2n) is 9.43. The minimum absolute atomic E-state index is 0.0989. The highest BCUT2D eigenvalue weighted by Gasteiger charge is 2.66. The van der Waals surface area contributed by atoms with E-state index in [0.29, 0.717) is 22.7 Å². The van der Waals surface area contributed by atoms with Gasteiger partial charge in [-0.2, -0.15) is 0 Å². The van der Waals surface area contributed by atoms with Crippen LogP contribution in [0.2, 0.25) is 10.0 Å². The van der Waals surface area contributed by atoms with E-state index in [4.69, 9.17) is 23.2 Å². The quantitative estimate of drug-likeness (QED) is 0.599. The van der Waals surface area contributed by atoms with Gasteiger partial charge in [0.2, 0.25) is 5.91 Å². The van der Waals surface area contributed by atoms with Crippen molar-refractivity contribution in [1.29, 1.82) is 0 Å². The van der Waals surface area contributed by atoms with E-state index in [0.717, 1.165) is 0 Å². The van der Waals surface area contributed by atoms with E-state index in [-0.39, 0.29) is 21.9 Å². The van der Waals surface area contributed by atoms with E-state index in [1.807, 2.05) is 20.8 Å². The summed E-state index contributed by atoms with van der Waals surface area (Å²) in [6.07, 6.45) is 0.491. The molecule has 0 saturated carbocycles. The van der Waals surface area contributed by atoms with Crippen molar-refractivity contribution < 1.29 is 19.1 Å². The molecule has 0 aromatic heterocycles. The fourth-order valence-electron chi connectivity index (χ4n) is 5.14. The number of halogens is 3. The number of aliphatic carboxylic acids is 1. The zero-order chi connectivity index (χ0) is 22.7. The van der Waals surface area contributed by atoms with Gasteiger partial charge < -0.3 is 10.4 Å². The summed E-state index contributed by atoms with van der Waals surface area (Å²) < 4.78 is 15.3. The molecule has 2 aliphatic heterocycles. The molecular weight excluding hydrogens is 442 g/mol. The lowest BCUT2D eigenvalue weighted by Gasteiger charge is -2.37. The summed E-state index contributed by atoms with van der Waals surface area (Å²) in [4.78, 5) is 26.0. The maximum atomic E-state index is 15.3. The second kappa shape index (κ2) is 7.47. The molecule has 2 aromatic carbocycles. The zero-order valence-corrected chi connectivity index (χ0v) is 18.8. The summed E-state index contributed by atoms with van der Waals surface area (Å²) in [5.74, 6) is -3.26. The lowest BCUT2D eigenvalue weighted by molar-refractivity contribution is -0.139. The van der Waals surface area contributed by atoms with Crippen molar-refractivity contribution in [2.24, 2.45) is 5.41 Å². The van der Waals surface area contributed by atoms with Crippen LogP contribution in [0.25, 0.3) is 0 Å². The van der Waals surface area contributed by atoms with Crippen molar-refractivity contribution in [1.82, 2.24) is 5.32 Å². The number of nitrogens with one attached hydrogen (secondary N) is 2. The average Bonchev–Trinajstić information content (AvgIpc) is 3.12. The number of hydrogen-bond donors (Lipinski definition) is 3. The Hall–Kier alpha value is -2.15. The summed E-state index contributed by atoms with van der Waals surface area (Å²) in [5.41, 5.74) is -0.359. The molecule has 1 fully saturated rings. The first-order valence-electron chi connectivity index (χ1n) is 10.0. The Bertz CT molecular complexity index is 1080. The van der Waals surface area contributed by atoms with Crippen LogP contribution in [0.4, 0.5) is 10.1 Å². The number of carbonyl (C=O) groups excluding carboxylic acids is 1. The molecule has 1 saturated heterocycles. The highest BCUT2D eigenvalue weighted by molar-refractivity contribution is 6.31. The number of carboxylic acids is 1. The maximum absolute atomic E-state index is 15.3. The lowest BCUT2D eigenvalue weighted by atomic mass is 9.62. The van der Waals surface area contributed by atoms with Crippen LogP contribution in [0.3, 0.4) is 0 Å². The number of hydrogen-bond acceptors (Lipinski definition) is 3. The van der Waals surface area contributed by atoms with Gasteiger partial charge in [0.15, 0.2) is 0 Å². The van der Waals surface area contributed by atoms with Gasteiger partial charge in [0.25, 0.3) is 0 Å². The van der Waals surface area contributed by atoms with E-state index >= 15 is 4.39 Å². The average molecular weight is 465 g/mol. The Morgan fingerprint density at radius 3 is 2.58 bits per heavy atom. The van der Waals surface area contributed by atoms with Gasteiger partial charge in [-0.25, -0.2) is 4.39 Å². The number of carbonyl (C=O) groups is 2. The van der Waals surface area contributed by atoms with Gasteiger partial charge in [0, 0.05) is 22.7 Å². The maximum Gasteiger partial charge on any atom is 0.321 e. The molecule has 3 N–H and O–H groups in total. The molecule has 2 aliphatic rings. The monoisotopic (exact) mass is 464 g/mol. The van der Waals surface area contributed by atoms with Gasteiger partial charge >= 0.3 is 5.97 Å². The Balaban J connectivity index is 2.04. The van der Waals surface area contributed by atoms with Crippen LogP contribution in [0.5, 0.6) is 0 Å². The van der Waals surface area contributed by atoms with Crippen molar-refractivity contribution in [2.75, 3.05) is 5.32 Å². The number of amides is 1. The first kappa shape index (κ1) is 22.1. The van der Waals surface area contributed by atoms with Crippen molar-refractivity contribution in [2.45, 2.75) is 50.6 Å². The predicted molar refractivity (Wildman–Crippen MR) is 118 cm³/mol. The van der Waals surface area contributed by atoms with Gasteiger partial charge in [0.05, 0.1) is 5.02 Å². The van der Waals surface area contributed by atoms with Crippen molar-refractivity contribution >= 4 is 40.8 Å². The molecule has 4 atom stereocenters. The fraction of sp³-hybridized carbons (Fsp3) is 0.391. The van der Waals surface area contributed by atoms with Crippen molar-refractivity contribution in [3.8, 4) is 0 Å². The molecule has 31 heavy (non-hydrogen) atoms. The van der Waals surface area contributed by atoms with Crippen LogP contribution >= 0.6 is 23.2 Å². The van der Waals surface area contributed by atoms with Crippen LogP contribution in [0.1, 0.15) is 44.2 Å². The van der Waals surface area contributed by atoms with Gasteiger partial charge in [-0.05, 0) is 41.2 Å². The van der Waals surface area contributed by atoms with Gasteiger partial charge in [-0.1, -0.05) is 62.2 Å². The summed E-state index contributed by atoms with van der Waals surface area (Å²) in [7, 11) is 0. The Labute approximate surface area is 189 Å². The van der Waals surface area contributed by atoms with E-state index in [9.17, 15) is 14.7 Å². The molecule has 0 unspecified atom stereocenters. The summed E-state index contributed by atoms with van der Waals surface area (Å²) in [6, 6.07) is 7.76. The van der Waals surface area contributed by atoms with E-state index in [2.05, 4.69) is 10.6 Å². The molecule has 4 rings (SSSR count). The molecule has 0 aliphatic carbocycles. The van der Waals surface area contributed by atoms with Crippen LogP contribution < -0.4 is 10.6 Å². The van der Waals surface area contributed by atoms with Crippen LogP contribution in [0, 0.1) is 11.2 Å². The SMILES string of the molecule is CC(C)(C)C[C@@H]1N[C@H](C(=O)O)[C@@H](c2cccc(Cl)c2F)[C@]12C(=O)Nc1cc(Cl)ccc12. The third kappa shape index (κ3) is 3.41. The number of carboxylic acid groups (broad SMARTS) is 1. The van der Waals surface area contributed by atoms with Crippen LogP contribution in [-0.4, -0.2) is 29.1 Å². The van der Waals surface area contributed by atoms with Crippen molar-refractivity contribution in [3.63, 3.8) is 0 Å².